The number of hydrogen-bond donors (Lipinski definition) is 2. The zero-order valence-corrected chi connectivity index (χ0v) is 6.81. The fourth-order valence-corrected chi connectivity index (χ4v) is 0.654. The number of aliphatic hydroxyl groups excluding tert-OH is 1. The zero-order chi connectivity index (χ0) is 7.98. The summed E-state index contributed by atoms with van der Waals surface area (Å²) in [5.41, 5.74) is 1.97. The Balaban J connectivity index is 0.000000371. The van der Waals surface area contributed by atoms with Crippen molar-refractivity contribution < 1.29 is 5.11 Å². The van der Waals surface area contributed by atoms with Gasteiger partial charge in [-0.15, -0.1) is 0 Å². The molecule has 2 heteroatoms. The number of aryl methyl sites for hydroxylation is 1. The summed E-state index contributed by atoms with van der Waals surface area (Å²) >= 11 is 0. The van der Waals surface area contributed by atoms with Crippen LogP contribution in [-0.4, -0.2) is 10.1 Å². The lowest BCUT2D eigenvalue weighted by Crippen LogP contribution is -1.80. The maximum Gasteiger partial charge on any atom is 0.0830 e. The first-order valence-corrected chi connectivity index (χ1v) is 3.58. The van der Waals surface area contributed by atoms with E-state index in [4.69, 9.17) is 5.11 Å². The van der Waals surface area contributed by atoms with Crippen LogP contribution in [-0.2, 0) is 6.61 Å². The molecule has 0 aliphatic rings. The van der Waals surface area contributed by atoms with Crippen LogP contribution >= 0.6 is 0 Å². The maximum absolute atomic E-state index is 8.52. The molecule has 2 N–H and O–H groups in total. The monoisotopic (exact) mass is 141 g/mol. The maximum atomic E-state index is 8.52. The third-order valence-corrected chi connectivity index (χ3v) is 1.06. The number of nitrogens with one attached hydrogen (secondary N) is 1. The molecular formula is C8H15NO. The highest BCUT2D eigenvalue weighted by molar-refractivity contribution is 5.10. The third-order valence-electron chi connectivity index (χ3n) is 1.06. The minimum Gasteiger partial charge on any atom is -0.390 e. The number of aromatic nitrogens is 1. The molecule has 10 heavy (non-hydrogen) atoms. The van der Waals surface area contributed by atoms with Crippen molar-refractivity contribution in [2.24, 2.45) is 0 Å². The Labute approximate surface area is 61.9 Å². The van der Waals surface area contributed by atoms with Crippen molar-refractivity contribution >= 4 is 0 Å². The summed E-state index contributed by atoms with van der Waals surface area (Å²) in [6, 6.07) is 3.81. The van der Waals surface area contributed by atoms with Crippen LogP contribution in [0.1, 0.15) is 25.2 Å². The molecule has 0 aliphatic heterocycles. The van der Waals surface area contributed by atoms with Gasteiger partial charge in [0.1, 0.15) is 0 Å². The summed E-state index contributed by atoms with van der Waals surface area (Å²) in [5.74, 6) is 0. The highest BCUT2D eigenvalue weighted by atomic mass is 16.3. The Hall–Kier alpha value is -0.760. The molecule has 1 aromatic heterocycles. The quantitative estimate of drug-likeness (QED) is 0.615. The van der Waals surface area contributed by atoms with Crippen LogP contribution in [0.25, 0.3) is 0 Å². The molecule has 0 unspecified atom stereocenters. The van der Waals surface area contributed by atoms with E-state index < -0.39 is 0 Å². The number of rotatable bonds is 1. The molecule has 0 aliphatic carbocycles. The smallest absolute Gasteiger partial charge is 0.0830 e. The van der Waals surface area contributed by atoms with Crippen LogP contribution in [0.3, 0.4) is 0 Å². The van der Waals surface area contributed by atoms with Crippen molar-refractivity contribution in [3.05, 3.63) is 23.5 Å². The number of aliphatic hydroxyl groups is 1. The van der Waals surface area contributed by atoms with Gasteiger partial charge in [0.15, 0.2) is 0 Å². The normalized spacial score (nSPS) is 8.40. The Kier molecular flexibility index (Phi) is 4.67. The van der Waals surface area contributed by atoms with E-state index in [-0.39, 0.29) is 6.61 Å². The number of hydrogen-bond acceptors (Lipinski definition) is 1. The molecule has 1 rings (SSSR count). The van der Waals surface area contributed by atoms with E-state index in [1.54, 1.807) is 0 Å². The minimum atomic E-state index is 0.105. The summed E-state index contributed by atoms with van der Waals surface area (Å²) in [7, 11) is 0. The second kappa shape index (κ2) is 5.06. The topological polar surface area (TPSA) is 36.0 Å². The Morgan fingerprint density at radius 3 is 2.20 bits per heavy atom. The summed E-state index contributed by atoms with van der Waals surface area (Å²) in [6.45, 7) is 6.06. The van der Waals surface area contributed by atoms with E-state index >= 15 is 0 Å². The van der Waals surface area contributed by atoms with Crippen molar-refractivity contribution in [2.45, 2.75) is 27.4 Å². The molecule has 0 saturated heterocycles. The molecule has 1 heterocycles. The largest absolute Gasteiger partial charge is 0.390 e. The first-order valence-electron chi connectivity index (χ1n) is 3.58. The van der Waals surface area contributed by atoms with Crippen molar-refractivity contribution in [2.75, 3.05) is 0 Å². The number of aromatic amines is 1. The molecule has 1 aromatic rings. The number of H-pyrrole nitrogens is 1. The molecule has 2 nitrogen and oxygen atoms in total. The van der Waals surface area contributed by atoms with Crippen LogP contribution in [0.2, 0.25) is 0 Å². The molecule has 0 atom stereocenters. The lowest BCUT2D eigenvalue weighted by molar-refractivity contribution is 0.277. The zero-order valence-electron chi connectivity index (χ0n) is 6.81. The van der Waals surface area contributed by atoms with Gasteiger partial charge in [0, 0.05) is 11.4 Å². The van der Waals surface area contributed by atoms with Crippen molar-refractivity contribution in [3.8, 4) is 0 Å². The SMILES string of the molecule is CC.Cc1ccc(CO)[nH]1. The first kappa shape index (κ1) is 9.24. The fraction of sp³-hybridized carbons (Fsp3) is 0.500. The molecule has 58 valence electrons. The average Bonchev–Trinajstić information content (AvgIpc) is 2.40. The fourth-order valence-electron chi connectivity index (χ4n) is 0.654. The van der Waals surface area contributed by atoms with Crippen molar-refractivity contribution in [1.82, 2.24) is 4.98 Å². The van der Waals surface area contributed by atoms with Gasteiger partial charge in [-0.1, -0.05) is 13.8 Å². The van der Waals surface area contributed by atoms with Gasteiger partial charge in [0.25, 0.3) is 0 Å². The molecule has 0 bridgehead atoms. The molecule has 0 spiro atoms. The van der Waals surface area contributed by atoms with E-state index in [1.807, 2.05) is 32.9 Å². The van der Waals surface area contributed by atoms with Crippen LogP contribution in [0.4, 0.5) is 0 Å². The van der Waals surface area contributed by atoms with Gasteiger partial charge in [-0.25, -0.2) is 0 Å². The molecule has 0 amide bonds. The highest BCUT2D eigenvalue weighted by Crippen LogP contribution is 1.97. The predicted molar refractivity (Wildman–Crippen MR) is 42.8 cm³/mol. The average molecular weight is 141 g/mol. The molecule has 0 fully saturated rings. The molecule has 0 radical (unpaired) electrons. The molecule has 0 aromatic carbocycles. The minimum absolute atomic E-state index is 0.105. The van der Waals surface area contributed by atoms with Crippen molar-refractivity contribution in [1.29, 1.82) is 0 Å². The van der Waals surface area contributed by atoms with Gasteiger partial charge in [-0.2, -0.15) is 0 Å². The van der Waals surface area contributed by atoms with Gasteiger partial charge in [-0.05, 0) is 19.1 Å². The second-order valence-corrected chi connectivity index (χ2v) is 1.82. The highest BCUT2D eigenvalue weighted by Gasteiger charge is 1.88. The lowest BCUT2D eigenvalue weighted by Gasteiger charge is -1.84. The summed E-state index contributed by atoms with van der Waals surface area (Å²) in [4.78, 5) is 2.98. The predicted octanol–water partition coefficient (Wildman–Crippen LogP) is 1.84. The lowest BCUT2D eigenvalue weighted by atomic mass is 10.4. The van der Waals surface area contributed by atoms with Gasteiger partial charge >= 0.3 is 0 Å². The standard InChI is InChI=1S/C6H9NO.C2H6/c1-5-2-3-6(4-8)7-5;1-2/h2-3,7-8H,4H2,1H3;1-2H3. The van der Waals surface area contributed by atoms with Crippen LogP contribution in [0.5, 0.6) is 0 Å². The molecular weight excluding hydrogens is 126 g/mol. The van der Waals surface area contributed by atoms with Gasteiger partial charge < -0.3 is 10.1 Å². The van der Waals surface area contributed by atoms with Gasteiger partial charge in [-0.3, -0.25) is 0 Å². The second-order valence-electron chi connectivity index (χ2n) is 1.82. The van der Waals surface area contributed by atoms with E-state index in [0.717, 1.165) is 11.4 Å². The summed E-state index contributed by atoms with van der Waals surface area (Å²) in [5, 5.41) is 8.52. The third kappa shape index (κ3) is 2.69. The van der Waals surface area contributed by atoms with E-state index in [1.165, 1.54) is 0 Å². The molecule has 0 saturated carbocycles. The van der Waals surface area contributed by atoms with E-state index in [9.17, 15) is 0 Å². The van der Waals surface area contributed by atoms with Crippen LogP contribution in [0, 0.1) is 6.92 Å². The summed E-state index contributed by atoms with van der Waals surface area (Å²) < 4.78 is 0. The van der Waals surface area contributed by atoms with Crippen LogP contribution in [0.15, 0.2) is 12.1 Å². The Bertz CT molecular complexity index is 170. The van der Waals surface area contributed by atoms with Gasteiger partial charge in [0.2, 0.25) is 0 Å². The summed E-state index contributed by atoms with van der Waals surface area (Å²) in [6.07, 6.45) is 0. The van der Waals surface area contributed by atoms with E-state index in [2.05, 4.69) is 4.98 Å². The van der Waals surface area contributed by atoms with Crippen LogP contribution < -0.4 is 0 Å². The van der Waals surface area contributed by atoms with E-state index in [0.29, 0.717) is 0 Å². The Morgan fingerprint density at radius 1 is 1.40 bits per heavy atom. The van der Waals surface area contributed by atoms with Crippen molar-refractivity contribution in [3.63, 3.8) is 0 Å². The Morgan fingerprint density at radius 2 is 2.00 bits per heavy atom. The van der Waals surface area contributed by atoms with Gasteiger partial charge in [0.05, 0.1) is 6.61 Å². The first-order chi connectivity index (χ1) is 4.83.